The molecule has 2 aromatic rings. The fourth-order valence-corrected chi connectivity index (χ4v) is 4.15. The summed E-state index contributed by atoms with van der Waals surface area (Å²) in [5, 5.41) is 0.812. The minimum Gasteiger partial charge on any atom is -0.381 e. The molecule has 1 fully saturated rings. The van der Waals surface area contributed by atoms with Crippen LogP contribution in [0, 0.1) is 6.92 Å². The second kappa shape index (κ2) is 6.49. The summed E-state index contributed by atoms with van der Waals surface area (Å²) in [6.07, 6.45) is 2.12. The topological polar surface area (TPSA) is 76.6 Å². The zero-order valence-electron chi connectivity index (χ0n) is 13.7. The summed E-state index contributed by atoms with van der Waals surface area (Å²) in [5.41, 5.74) is 2.02. The quantitative estimate of drug-likeness (QED) is 0.849. The highest BCUT2D eigenvalue weighted by atomic mass is 32.2. The van der Waals surface area contributed by atoms with Crippen molar-refractivity contribution in [1.82, 2.24) is 9.29 Å². The summed E-state index contributed by atoms with van der Waals surface area (Å²) < 4.78 is 30.7. The average Bonchev–Trinajstić information content (AvgIpc) is 2.54. The Hall–Kier alpha value is -1.99. The van der Waals surface area contributed by atoms with E-state index in [9.17, 15) is 13.2 Å². The summed E-state index contributed by atoms with van der Waals surface area (Å²) in [4.78, 5) is 17.3. The highest BCUT2D eigenvalue weighted by molar-refractivity contribution is 7.88. The van der Waals surface area contributed by atoms with Crippen LogP contribution in [0.15, 0.2) is 30.3 Å². The first kappa shape index (κ1) is 16.9. The summed E-state index contributed by atoms with van der Waals surface area (Å²) in [5.74, 6) is -0.494. The molecular weight excluding hydrogens is 328 g/mol. The van der Waals surface area contributed by atoms with Crippen molar-refractivity contribution in [1.29, 1.82) is 0 Å². The number of pyridine rings is 1. The molecular formula is C17H20N2O4S. The van der Waals surface area contributed by atoms with E-state index in [2.05, 4.69) is 4.98 Å². The fraction of sp³-hybridized carbons (Fsp3) is 0.412. The van der Waals surface area contributed by atoms with Crippen LogP contribution in [-0.2, 0) is 14.8 Å². The third kappa shape index (κ3) is 3.42. The maximum absolute atomic E-state index is 12.9. The lowest BCUT2D eigenvalue weighted by Crippen LogP contribution is -2.46. The minimum atomic E-state index is -3.66. The van der Waals surface area contributed by atoms with Crippen molar-refractivity contribution in [2.75, 3.05) is 19.5 Å². The highest BCUT2D eigenvalue weighted by Gasteiger charge is 2.33. The van der Waals surface area contributed by atoms with E-state index in [0.717, 1.165) is 27.2 Å². The molecule has 0 radical (unpaired) electrons. The molecule has 1 aliphatic rings. The van der Waals surface area contributed by atoms with Gasteiger partial charge in [0.2, 0.25) is 10.0 Å². The predicted molar refractivity (Wildman–Crippen MR) is 91.3 cm³/mol. The zero-order chi connectivity index (χ0) is 17.3. The van der Waals surface area contributed by atoms with Gasteiger partial charge in [-0.05, 0) is 44.0 Å². The number of amides is 1. The van der Waals surface area contributed by atoms with Crippen LogP contribution in [0.4, 0.5) is 0 Å². The normalized spacial score (nSPS) is 16.2. The molecule has 1 aromatic heterocycles. The maximum atomic E-state index is 12.9. The van der Waals surface area contributed by atoms with Crippen LogP contribution >= 0.6 is 0 Å². The van der Waals surface area contributed by atoms with Gasteiger partial charge in [0.1, 0.15) is 0 Å². The molecule has 1 amide bonds. The molecule has 0 bridgehead atoms. The first-order valence-electron chi connectivity index (χ1n) is 7.85. The molecule has 0 spiro atoms. The molecule has 2 heterocycles. The zero-order valence-corrected chi connectivity index (χ0v) is 14.5. The number of benzene rings is 1. The number of rotatable bonds is 3. The molecule has 1 aliphatic heterocycles. The van der Waals surface area contributed by atoms with E-state index < -0.39 is 15.9 Å². The number of ether oxygens (including phenoxy) is 1. The molecule has 0 unspecified atom stereocenters. The van der Waals surface area contributed by atoms with Gasteiger partial charge in [0, 0.05) is 29.9 Å². The Bertz CT molecular complexity index is 873. The van der Waals surface area contributed by atoms with E-state index in [1.807, 2.05) is 19.1 Å². The van der Waals surface area contributed by atoms with Gasteiger partial charge in [0.05, 0.1) is 17.8 Å². The SMILES string of the molecule is Cc1ccc2cc(C(=O)N(C3CCOCC3)S(C)(=O)=O)ccc2n1. The number of aromatic nitrogens is 1. The third-order valence-electron chi connectivity index (χ3n) is 4.16. The second-order valence-corrected chi connectivity index (χ2v) is 7.93. The number of fused-ring (bicyclic) bond motifs is 1. The third-order valence-corrected chi connectivity index (χ3v) is 5.33. The summed E-state index contributed by atoms with van der Waals surface area (Å²) in [6.45, 7) is 2.82. The largest absolute Gasteiger partial charge is 0.381 e. The Morgan fingerprint density at radius 3 is 2.58 bits per heavy atom. The van der Waals surface area contributed by atoms with E-state index in [0.29, 0.717) is 31.6 Å². The molecule has 24 heavy (non-hydrogen) atoms. The lowest BCUT2D eigenvalue weighted by molar-refractivity contribution is 0.0497. The van der Waals surface area contributed by atoms with E-state index in [1.165, 1.54) is 0 Å². The van der Waals surface area contributed by atoms with Crippen molar-refractivity contribution in [2.24, 2.45) is 0 Å². The number of hydrogen-bond acceptors (Lipinski definition) is 5. The highest BCUT2D eigenvalue weighted by Crippen LogP contribution is 2.22. The minimum absolute atomic E-state index is 0.352. The van der Waals surface area contributed by atoms with Crippen LogP contribution in [0.1, 0.15) is 28.9 Å². The van der Waals surface area contributed by atoms with Gasteiger partial charge < -0.3 is 4.74 Å². The van der Waals surface area contributed by atoms with Crippen LogP contribution in [0.3, 0.4) is 0 Å². The van der Waals surface area contributed by atoms with Crippen LogP contribution in [-0.4, -0.2) is 49.1 Å². The van der Waals surface area contributed by atoms with Gasteiger partial charge in [0.25, 0.3) is 5.91 Å². The molecule has 6 nitrogen and oxygen atoms in total. The number of aryl methyl sites for hydroxylation is 1. The summed E-state index contributed by atoms with van der Waals surface area (Å²) in [6, 6.07) is 8.47. The van der Waals surface area contributed by atoms with Gasteiger partial charge in [0.15, 0.2) is 0 Å². The van der Waals surface area contributed by atoms with Gasteiger partial charge in [-0.3, -0.25) is 9.78 Å². The van der Waals surface area contributed by atoms with Crippen molar-refractivity contribution >= 4 is 26.8 Å². The molecule has 3 rings (SSSR count). The summed E-state index contributed by atoms with van der Waals surface area (Å²) in [7, 11) is -3.66. The first-order chi connectivity index (χ1) is 11.4. The standard InChI is InChI=1S/C17H20N2O4S/c1-12-3-4-13-11-14(5-6-16(13)18-12)17(20)19(24(2,21)22)15-7-9-23-10-8-15/h3-6,11,15H,7-10H2,1-2H3. The van der Waals surface area contributed by atoms with Crippen molar-refractivity contribution < 1.29 is 17.9 Å². The number of carbonyl (C=O) groups excluding carboxylic acids is 1. The smallest absolute Gasteiger partial charge is 0.267 e. The van der Waals surface area contributed by atoms with Crippen molar-refractivity contribution in [2.45, 2.75) is 25.8 Å². The Balaban J connectivity index is 1.99. The monoisotopic (exact) mass is 348 g/mol. The lowest BCUT2D eigenvalue weighted by atomic mass is 10.1. The average molecular weight is 348 g/mol. The van der Waals surface area contributed by atoms with Gasteiger partial charge in [-0.2, -0.15) is 0 Å². The Kier molecular flexibility index (Phi) is 4.56. The molecule has 1 aromatic carbocycles. The van der Waals surface area contributed by atoms with Crippen LogP contribution in [0.25, 0.3) is 10.9 Å². The molecule has 0 saturated carbocycles. The fourth-order valence-electron chi connectivity index (χ4n) is 2.99. The van der Waals surface area contributed by atoms with Gasteiger partial charge in [-0.15, -0.1) is 0 Å². The van der Waals surface area contributed by atoms with Gasteiger partial charge in [-0.1, -0.05) is 6.07 Å². The lowest BCUT2D eigenvalue weighted by Gasteiger charge is -2.32. The number of sulfonamides is 1. The Morgan fingerprint density at radius 1 is 1.21 bits per heavy atom. The number of carbonyl (C=O) groups is 1. The Morgan fingerprint density at radius 2 is 1.92 bits per heavy atom. The van der Waals surface area contributed by atoms with Gasteiger partial charge >= 0.3 is 0 Å². The van der Waals surface area contributed by atoms with Crippen LogP contribution in [0.2, 0.25) is 0 Å². The van der Waals surface area contributed by atoms with E-state index in [4.69, 9.17) is 4.74 Å². The predicted octanol–water partition coefficient (Wildman–Crippen LogP) is 2.12. The Labute approximate surface area is 141 Å². The first-order valence-corrected chi connectivity index (χ1v) is 9.70. The van der Waals surface area contributed by atoms with E-state index >= 15 is 0 Å². The molecule has 7 heteroatoms. The molecule has 128 valence electrons. The number of nitrogens with zero attached hydrogens (tertiary/aromatic N) is 2. The van der Waals surface area contributed by atoms with E-state index in [1.54, 1.807) is 18.2 Å². The molecule has 0 aliphatic carbocycles. The van der Waals surface area contributed by atoms with Crippen molar-refractivity contribution in [3.8, 4) is 0 Å². The van der Waals surface area contributed by atoms with Crippen molar-refractivity contribution in [3.05, 3.63) is 41.6 Å². The molecule has 1 saturated heterocycles. The van der Waals surface area contributed by atoms with Crippen molar-refractivity contribution in [3.63, 3.8) is 0 Å². The van der Waals surface area contributed by atoms with Gasteiger partial charge in [-0.25, -0.2) is 12.7 Å². The maximum Gasteiger partial charge on any atom is 0.267 e. The number of hydrogen-bond donors (Lipinski definition) is 0. The molecule has 0 atom stereocenters. The molecule has 0 N–H and O–H groups in total. The van der Waals surface area contributed by atoms with E-state index in [-0.39, 0.29) is 6.04 Å². The van der Waals surface area contributed by atoms with Crippen LogP contribution in [0.5, 0.6) is 0 Å². The second-order valence-electron chi connectivity index (χ2n) is 6.07. The van der Waals surface area contributed by atoms with Crippen LogP contribution < -0.4 is 0 Å². The summed E-state index contributed by atoms with van der Waals surface area (Å²) >= 11 is 0.